The molecule has 2 N–H and O–H groups in total. The molecule has 0 spiro atoms. The van der Waals surface area contributed by atoms with E-state index in [0.717, 1.165) is 41.0 Å². The summed E-state index contributed by atoms with van der Waals surface area (Å²) in [5.41, 5.74) is 3.32. The Morgan fingerprint density at radius 3 is 2.46 bits per heavy atom. The molecule has 0 fully saturated rings. The normalized spacial score (nSPS) is 12.1. The van der Waals surface area contributed by atoms with Gasteiger partial charge in [-0.2, -0.15) is 5.10 Å². The lowest BCUT2D eigenvalue weighted by atomic mass is 10.2. The van der Waals surface area contributed by atoms with E-state index in [-0.39, 0.29) is 30.1 Å². The first kappa shape index (κ1) is 24.1. The van der Waals surface area contributed by atoms with E-state index in [1.807, 2.05) is 56.8 Å². The molecule has 0 aliphatic heterocycles. The van der Waals surface area contributed by atoms with Gasteiger partial charge in [0, 0.05) is 24.8 Å². The first-order valence-electron chi connectivity index (χ1n) is 9.27. The van der Waals surface area contributed by atoms with Crippen molar-refractivity contribution in [2.45, 2.75) is 40.3 Å². The molecule has 2 rings (SSSR count). The molecule has 0 aliphatic rings. The molecule has 1 heterocycles. The third-order valence-corrected chi connectivity index (χ3v) is 4.35. The fourth-order valence-electron chi connectivity index (χ4n) is 2.76. The van der Waals surface area contributed by atoms with Crippen LogP contribution in [0.25, 0.3) is 0 Å². The topological polar surface area (TPSA) is 72.7 Å². The molecule has 0 aliphatic carbocycles. The van der Waals surface area contributed by atoms with Crippen molar-refractivity contribution in [3.05, 3.63) is 41.2 Å². The molecule has 156 valence electrons. The van der Waals surface area contributed by atoms with Crippen LogP contribution in [0.15, 0.2) is 29.3 Å². The molecule has 8 heteroatoms. The fraction of sp³-hybridized carbons (Fsp3) is 0.500. The minimum absolute atomic E-state index is 0. The first-order chi connectivity index (χ1) is 13.0. The number of benzene rings is 1. The summed E-state index contributed by atoms with van der Waals surface area (Å²) >= 11 is 0. The Morgan fingerprint density at radius 1 is 1.21 bits per heavy atom. The molecule has 0 bridgehead atoms. The molecule has 28 heavy (non-hydrogen) atoms. The van der Waals surface area contributed by atoms with Gasteiger partial charge in [-0.05, 0) is 39.8 Å². The molecule has 0 amide bonds. The van der Waals surface area contributed by atoms with Crippen LogP contribution in [0, 0.1) is 13.8 Å². The van der Waals surface area contributed by atoms with Crippen LogP contribution in [0.4, 0.5) is 0 Å². The molecular weight excluding hydrogens is 469 g/mol. The lowest BCUT2D eigenvalue weighted by Crippen LogP contribution is -2.41. The number of ether oxygens (including phenoxy) is 2. The van der Waals surface area contributed by atoms with E-state index >= 15 is 0 Å². The van der Waals surface area contributed by atoms with E-state index in [1.54, 1.807) is 7.11 Å². The SMILES string of the molecule is CCNC(=NCc1c(C)nn(C)c1C)NCC(C)Oc1ccccc1OC.I. The standard InChI is InChI=1S/C20H31N5O2.HI/c1-7-21-20(23-13-17-15(3)24-25(5)16(17)4)22-12-14(2)27-19-11-9-8-10-18(19)26-6;/h8-11,14H,7,12-13H2,1-6H3,(H2,21,22,23);1H. The minimum atomic E-state index is -0.0491. The largest absolute Gasteiger partial charge is 0.493 e. The van der Waals surface area contributed by atoms with Gasteiger partial charge in [0.15, 0.2) is 17.5 Å². The number of rotatable bonds is 8. The highest BCUT2D eigenvalue weighted by atomic mass is 127. The number of hydrogen-bond donors (Lipinski definition) is 2. The van der Waals surface area contributed by atoms with Gasteiger partial charge in [-0.3, -0.25) is 4.68 Å². The van der Waals surface area contributed by atoms with E-state index in [1.165, 1.54) is 0 Å². The van der Waals surface area contributed by atoms with E-state index < -0.39 is 0 Å². The van der Waals surface area contributed by atoms with E-state index in [4.69, 9.17) is 14.5 Å². The van der Waals surface area contributed by atoms with Gasteiger partial charge in [-0.15, -0.1) is 24.0 Å². The Bertz CT molecular complexity index is 776. The van der Waals surface area contributed by atoms with Crippen molar-refractivity contribution in [3.8, 4) is 11.5 Å². The smallest absolute Gasteiger partial charge is 0.191 e. The summed E-state index contributed by atoms with van der Waals surface area (Å²) in [6, 6.07) is 7.65. The van der Waals surface area contributed by atoms with Crippen molar-refractivity contribution in [1.29, 1.82) is 0 Å². The van der Waals surface area contributed by atoms with Gasteiger partial charge in [0.05, 0.1) is 25.9 Å². The second kappa shape index (κ2) is 11.8. The summed E-state index contributed by atoms with van der Waals surface area (Å²) < 4.78 is 13.2. The molecule has 0 saturated heterocycles. The van der Waals surface area contributed by atoms with Crippen LogP contribution in [-0.2, 0) is 13.6 Å². The maximum Gasteiger partial charge on any atom is 0.191 e. The van der Waals surface area contributed by atoms with Crippen LogP contribution in [0.1, 0.15) is 30.8 Å². The molecule has 0 saturated carbocycles. The summed E-state index contributed by atoms with van der Waals surface area (Å²) in [6.07, 6.45) is -0.0491. The predicted molar refractivity (Wildman–Crippen MR) is 124 cm³/mol. The van der Waals surface area contributed by atoms with Crippen LogP contribution in [0.3, 0.4) is 0 Å². The third-order valence-electron chi connectivity index (χ3n) is 4.35. The Hall–Kier alpha value is -1.97. The molecule has 0 radical (unpaired) electrons. The maximum atomic E-state index is 5.99. The van der Waals surface area contributed by atoms with Crippen LogP contribution >= 0.6 is 24.0 Å². The van der Waals surface area contributed by atoms with Gasteiger partial charge >= 0.3 is 0 Å². The summed E-state index contributed by atoms with van der Waals surface area (Å²) in [6.45, 7) is 10.1. The Morgan fingerprint density at radius 2 is 1.89 bits per heavy atom. The van der Waals surface area contributed by atoms with Crippen LogP contribution in [-0.4, -0.2) is 42.0 Å². The Balaban J connectivity index is 0.00000392. The Kier molecular flexibility index (Phi) is 10.1. The number of aromatic nitrogens is 2. The molecule has 1 aromatic heterocycles. The van der Waals surface area contributed by atoms with Gasteiger partial charge in [-0.1, -0.05) is 12.1 Å². The molecule has 7 nitrogen and oxygen atoms in total. The van der Waals surface area contributed by atoms with Crippen LogP contribution in [0.5, 0.6) is 11.5 Å². The number of nitrogens with zero attached hydrogens (tertiary/aromatic N) is 3. The van der Waals surface area contributed by atoms with Gasteiger partial charge in [-0.25, -0.2) is 4.99 Å². The van der Waals surface area contributed by atoms with Crippen molar-refractivity contribution in [3.63, 3.8) is 0 Å². The monoisotopic (exact) mass is 501 g/mol. The number of guanidine groups is 1. The highest BCUT2D eigenvalue weighted by Crippen LogP contribution is 2.26. The van der Waals surface area contributed by atoms with Crippen molar-refractivity contribution in [1.82, 2.24) is 20.4 Å². The number of nitrogens with one attached hydrogen (secondary N) is 2. The second-order valence-corrected chi connectivity index (χ2v) is 6.43. The van der Waals surface area contributed by atoms with Crippen molar-refractivity contribution in [2.24, 2.45) is 12.0 Å². The number of aliphatic imine (C=N–C) groups is 1. The molecule has 1 aromatic carbocycles. The number of hydrogen-bond acceptors (Lipinski definition) is 4. The van der Waals surface area contributed by atoms with Gasteiger partial charge in [0.2, 0.25) is 0 Å². The van der Waals surface area contributed by atoms with Crippen molar-refractivity contribution < 1.29 is 9.47 Å². The average molecular weight is 501 g/mol. The average Bonchev–Trinajstić information content (AvgIpc) is 2.90. The number of aryl methyl sites for hydroxylation is 2. The predicted octanol–water partition coefficient (Wildman–Crippen LogP) is 3.19. The number of halogens is 1. The lowest BCUT2D eigenvalue weighted by Gasteiger charge is -2.19. The summed E-state index contributed by atoms with van der Waals surface area (Å²) in [5, 5.41) is 11.1. The van der Waals surface area contributed by atoms with E-state index in [9.17, 15) is 0 Å². The maximum absolute atomic E-state index is 5.99. The highest BCUT2D eigenvalue weighted by molar-refractivity contribution is 14.0. The summed E-state index contributed by atoms with van der Waals surface area (Å²) in [5.74, 6) is 2.22. The van der Waals surface area contributed by atoms with Gasteiger partial charge in [0.1, 0.15) is 6.10 Å². The summed E-state index contributed by atoms with van der Waals surface area (Å²) in [4.78, 5) is 4.69. The van der Waals surface area contributed by atoms with E-state index in [2.05, 4.69) is 22.7 Å². The quantitative estimate of drug-likeness (QED) is 0.330. The zero-order valence-corrected chi connectivity index (χ0v) is 19.9. The highest BCUT2D eigenvalue weighted by Gasteiger charge is 2.11. The van der Waals surface area contributed by atoms with Crippen molar-refractivity contribution in [2.75, 3.05) is 20.2 Å². The summed E-state index contributed by atoms with van der Waals surface area (Å²) in [7, 11) is 3.60. The Labute approximate surface area is 184 Å². The lowest BCUT2D eigenvalue weighted by molar-refractivity contribution is 0.213. The number of methoxy groups -OCH3 is 1. The van der Waals surface area contributed by atoms with Crippen LogP contribution in [0.2, 0.25) is 0 Å². The zero-order valence-electron chi connectivity index (χ0n) is 17.6. The molecule has 1 atom stereocenters. The number of para-hydroxylation sites is 2. The van der Waals surface area contributed by atoms with Gasteiger partial charge < -0.3 is 20.1 Å². The van der Waals surface area contributed by atoms with Crippen molar-refractivity contribution >= 4 is 29.9 Å². The zero-order chi connectivity index (χ0) is 19.8. The first-order valence-corrected chi connectivity index (χ1v) is 9.27. The molecule has 2 aromatic rings. The van der Waals surface area contributed by atoms with Gasteiger partial charge in [0.25, 0.3) is 0 Å². The minimum Gasteiger partial charge on any atom is -0.493 e. The fourth-order valence-corrected chi connectivity index (χ4v) is 2.76. The van der Waals surface area contributed by atoms with E-state index in [0.29, 0.717) is 13.1 Å². The third kappa shape index (κ3) is 6.57. The molecular formula is C20H32IN5O2. The second-order valence-electron chi connectivity index (χ2n) is 6.43. The van der Waals surface area contributed by atoms with Crippen LogP contribution < -0.4 is 20.1 Å². The molecule has 1 unspecified atom stereocenters.